The van der Waals surface area contributed by atoms with Gasteiger partial charge in [0.05, 0.1) is 19.8 Å². The fourth-order valence-corrected chi connectivity index (χ4v) is 6.99. The number of nitrogens with zero attached hydrogens (tertiary/aromatic N) is 1. The minimum Gasteiger partial charge on any atom is -0.497 e. The average Bonchev–Trinajstić information content (AvgIpc) is 3.52. The molecule has 0 unspecified atom stereocenters. The number of fused-ring (bicyclic) bond motifs is 1. The molecule has 0 bridgehead atoms. The van der Waals surface area contributed by atoms with Crippen LogP contribution in [-0.2, 0) is 33.7 Å². The zero-order valence-corrected chi connectivity index (χ0v) is 23.1. The third-order valence-electron chi connectivity index (χ3n) is 8.00. The molecule has 6 nitrogen and oxygen atoms in total. The molecule has 3 atom stereocenters. The zero-order chi connectivity index (χ0) is 27.4. The maximum absolute atomic E-state index is 14.5. The summed E-state index contributed by atoms with van der Waals surface area (Å²) in [6.07, 6.45) is 5.72. The number of ether oxygens (including phenoxy) is 2. The number of ketones is 1. The summed E-state index contributed by atoms with van der Waals surface area (Å²) in [5.41, 5.74) is 1.58. The van der Waals surface area contributed by atoms with Crippen molar-refractivity contribution in [2.45, 2.75) is 45.2 Å². The summed E-state index contributed by atoms with van der Waals surface area (Å²) in [5, 5.41) is 1.94. The van der Waals surface area contributed by atoms with Gasteiger partial charge in [0, 0.05) is 29.0 Å². The molecule has 0 N–H and O–H groups in total. The number of thiophene rings is 1. The summed E-state index contributed by atoms with van der Waals surface area (Å²) in [6, 6.07) is 19.2. The van der Waals surface area contributed by atoms with E-state index in [-0.39, 0.29) is 24.2 Å². The second-order valence-electron chi connectivity index (χ2n) is 10.1. The van der Waals surface area contributed by atoms with E-state index in [0.29, 0.717) is 31.4 Å². The number of hydrogen-bond acceptors (Lipinski definition) is 6. The molecule has 1 fully saturated rings. The number of amides is 1. The van der Waals surface area contributed by atoms with Gasteiger partial charge in [-0.3, -0.25) is 9.59 Å². The molecule has 3 aromatic rings. The lowest BCUT2D eigenvalue weighted by atomic mass is 9.63. The molecule has 5 rings (SSSR count). The summed E-state index contributed by atoms with van der Waals surface area (Å²) in [4.78, 5) is 43.9. The zero-order valence-electron chi connectivity index (χ0n) is 22.3. The smallest absolute Gasteiger partial charge is 0.330 e. The normalized spacial score (nSPS) is 22.5. The van der Waals surface area contributed by atoms with Gasteiger partial charge >= 0.3 is 5.97 Å². The molecule has 7 heteroatoms. The van der Waals surface area contributed by atoms with E-state index in [1.165, 1.54) is 6.08 Å². The van der Waals surface area contributed by atoms with Gasteiger partial charge in [0.15, 0.2) is 5.78 Å². The van der Waals surface area contributed by atoms with E-state index in [0.717, 1.165) is 28.2 Å². The Labute approximate surface area is 233 Å². The predicted octanol–water partition coefficient (Wildman–Crippen LogP) is 5.65. The highest BCUT2D eigenvalue weighted by molar-refractivity contribution is 7.10. The van der Waals surface area contributed by atoms with Gasteiger partial charge in [-0.2, -0.15) is 0 Å². The first-order valence-electron chi connectivity index (χ1n) is 13.4. The van der Waals surface area contributed by atoms with Gasteiger partial charge < -0.3 is 14.4 Å². The molecular weight excluding hydrogens is 510 g/mol. The molecule has 0 saturated carbocycles. The van der Waals surface area contributed by atoms with Crippen molar-refractivity contribution in [2.24, 2.45) is 11.3 Å². The average molecular weight is 544 g/mol. The summed E-state index contributed by atoms with van der Waals surface area (Å²) in [5.74, 6) is -0.256. The molecular formula is C32H33NO5S. The SMILES string of the molecule is CCOC(=O)/C=C/[C@@H]1[C@@H](CCc2ccccc2)[C@@]2(CCc3sccc3C2=O)C(=O)N1Cc1ccc(OC)cc1. The lowest BCUT2D eigenvalue weighted by Crippen LogP contribution is -2.46. The fraction of sp³-hybridized carbons (Fsp3) is 0.344. The van der Waals surface area contributed by atoms with Crippen LogP contribution < -0.4 is 4.74 Å². The molecule has 2 heterocycles. The monoisotopic (exact) mass is 543 g/mol. The molecule has 1 aliphatic carbocycles. The van der Waals surface area contributed by atoms with Crippen molar-refractivity contribution in [3.05, 3.63) is 99.8 Å². The van der Waals surface area contributed by atoms with E-state index in [2.05, 4.69) is 12.1 Å². The van der Waals surface area contributed by atoms with Crippen LogP contribution in [0.4, 0.5) is 0 Å². The highest BCUT2D eigenvalue weighted by Gasteiger charge is 2.63. The van der Waals surface area contributed by atoms with Crippen LogP contribution in [-0.4, -0.2) is 42.3 Å². The molecule has 39 heavy (non-hydrogen) atoms. The topological polar surface area (TPSA) is 72.9 Å². The van der Waals surface area contributed by atoms with Crippen LogP contribution in [0.3, 0.4) is 0 Å². The predicted molar refractivity (Wildman–Crippen MR) is 151 cm³/mol. The molecule has 1 aromatic heterocycles. The van der Waals surface area contributed by atoms with Crippen LogP contribution in [0.25, 0.3) is 0 Å². The number of likely N-dealkylation sites (tertiary alicyclic amines) is 1. The van der Waals surface area contributed by atoms with Crippen molar-refractivity contribution in [3.63, 3.8) is 0 Å². The highest BCUT2D eigenvalue weighted by Crippen LogP contribution is 2.53. The number of methoxy groups -OCH3 is 1. The van der Waals surface area contributed by atoms with Gasteiger partial charge in [-0.25, -0.2) is 4.79 Å². The largest absolute Gasteiger partial charge is 0.497 e. The fourth-order valence-electron chi connectivity index (χ4n) is 6.11. The summed E-state index contributed by atoms with van der Waals surface area (Å²) in [7, 11) is 1.61. The number of carbonyl (C=O) groups is 3. The van der Waals surface area contributed by atoms with Crippen LogP contribution in [0.5, 0.6) is 5.75 Å². The molecule has 2 aliphatic rings. The lowest BCUT2D eigenvalue weighted by Gasteiger charge is -2.35. The summed E-state index contributed by atoms with van der Waals surface area (Å²) >= 11 is 1.58. The van der Waals surface area contributed by atoms with Crippen LogP contribution in [0.2, 0.25) is 0 Å². The first kappa shape index (κ1) is 26.9. The molecule has 1 amide bonds. The molecule has 202 valence electrons. The quantitative estimate of drug-likeness (QED) is 0.198. The third-order valence-corrected chi connectivity index (χ3v) is 8.98. The van der Waals surface area contributed by atoms with Gasteiger partial charge in [-0.15, -0.1) is 11.3 Å². The van der Waals surface area contributed by atoms with Gasteiger partial charge in [0.2, 0.25) is 5.91 Å². The Morgan fingerprint density at radius 1 is 1.08 bits per heavy atom. The first-order valence-corrected chi connectivity index (χ1v) is 14.3. The second kappa shape index (κ2) is 11.6. The summed E-state index contributed by atoms with van der Waals surface area (Å²) in [6.45, 7) is 2.36. The van der Waals surface area contributed by atoms with Crippen molar-refractivity contribution in [1.82, 2.24) is 4.90 Å². The number of rotatable bonds is 9. The van der Waals surface area contributed by atoms with E-state index in [9.17, 15) is 14.4 Å². The first-order chi connectivity index (χ1) is 19.0. The number of carbonyl (C=O) groups excluding carboxylic acids is 3. The standard InChI is InChI=1S/C32H33NO5S/c1-3-38-29(34)16-15-27-26(14-11-22-7-5-4-6-8-22)32(19-17-28-25(30(32)35)18-20-39-28)31(36)33(27)21-23-9-12-24(37-2)13-10-23/h4-10,12-13,15-16,18,20,26-27H,3,11,14,17,19,21H2,1-2H3/b16-15+/t26-,27-,32-/m1/s1. The number of benzene rings is 2. The van der Waals surface area contributed by atoms with Crippen molar-refractivity contribution in [2.75, 3.05) is 13.7 Å². The maximum Gasteiger partial charge on any atom is 0.330 e. The Morgan fingerprint density at radius 2 is 1.85 bits per heavy atom. The molecule has 2 aromatic carbocycles. The van der Waals surface area contributed by atoms with E-state index < -0.39 is 17.4 Å². The summed E-state index contributed by atoms with van der Waals surface area (Å²) < 4.78 is 10.5. The third kappa shape index (κ3) is 5.15. The highest BCUT2D eigenvalue weighted by atomic mass is 32.1. The van der Waals surface area contributed by atoms with E-state index in [1.54, 1.807) is 36.3 Å². The Hall–Kier alpha value is -3.71. The Kier molecular flexibility index (Phi) is 7.98. The number of aryl methyl sites for hydroxylation is 2. The Balaban J connectivity index is 1.57. The maximum atomic E-state index is 14.5. The van der Waals surface area contributed by atoms with Crippen LogP contribution >= 0.6 is 11.3 Å². The molecule has 1 aliphatic heterocycles. The van der Waals surface area contributed by atoms with Crippen molar-refractivity contribution in [3.8, 4) is 5.75 Å². The van der Waals surface area contributed by atoms with Gasteiger partial charge in [-0.1, -0.05) is 48.5 Å². The van der Waals surface area contributed by atoms with E-state index >= 15 is 0 Å². The van der Waals surface area contributed by atoms with Crippen LogP contribution in [0.1, 0.15) is 46.1 Å². The van der Waals surface area contributed by atoms with Gasteiger partial charge in [-0.05, 0) is 67.3 Å². The molecule has 0 radical (unpaired) electrons. The van der Waals surface area contributed by atoms with Crippen LogP contribution in [0, 0.1) is 11.3 Å². The molecule has 1 saturated heterocycles. The van der Waals surface area contributed by atoms with Gasteiger partial charge in [0.25, 0.3) is 0 Å². The Bertz CT molecular complexity index is 1360. The number of esters is 1. The minimum atomic E-state index is -1.17. The van der Waals surface area contributed by atoms with E-state index in [1.807, 2.05) is 53.9 Å². The molecule has 1 spiro atoms. The lowest BCUT2D eigenvalue weighted by molar-refractivity contribution is -0.138. The van der Waals surface area contributed by atoms with Crippen LogP contribution in [0.15, 0.2) is 78.2 Å². The number of hydrogen-bond donors (Lipinski definition) is 0. The van der Waals surface area contributed by atoms with E-state index in [4.69, 9.17) is 9.47 Å². The number of Topliss-reactive ketones (excluding diaryl/α,β-unsaturated/α-hetero) is 1. The van der Waals surface area contributed by atoms with Gasteiger partial charge in [0.1, 0.15) is 11.2 Å². The second-order valence-corrected chi connectivity index (χ2v) is 11.1. The van der Waals surface area contributed by atoms with Crippen molar-refractivity contribution in [1.29, 1.82) is 0 Å². The minimum absolute atomic E-state index is 0.0835. The van der Waals surface area contributed by atoms with Crippen molar-refractivity contribution < 1.29 is 23.9 Å². The Morgan fingerprint density at radius 3 is 2.56 bits per heavy atom. The van der Waals surface area contributed by atoms with Crippen molar-refractivity contribution >= 4 is 29.0 Å².